The van der Waals surface area contributed by atoms with Gasteiger partial charge in [0.1, 0.15) is 14.1 Å². The number of hydrogen-bond donors (Lipinski definition) is 0. The predicted octanol–water partition coefficient (Wildman–Crippen LogP) is 0.128. The summed E-state index contributed by atoms with van der Waals surface area (Å²) in [7, 11) is 3.37. The summed E-state index contributed by atoms with van der Waals surface area (Å²) in [4.78, 5) is 14.4. The fourth-order valence-electron chi connectivity index (χ4n) is 0.175. The molecule has 0 radical (unpaired) electrons. The van der Waals surface area contributed by atoms with Gasteiger partial charge in [-0.2, -0.15) is 4.79 Å². The largest absolute Gasteiger partial charge is 0.609 e. The first-order chi connectivity index (χ1) is 2.63. The lowest BCUT2D eigenvalue weighted by Gasteiger charge is -1.79. The molecule has 1 amide bonds. The minimum Gasteiger partial charge on any atom is -0.201 e. The summed E-state index contributed by atoms with van der Waals surface area (Å²) in [5.41, 5.74) is 0. The first-order valence-corrected chi connectivity index (χ1v) is 1.71. The molecule has 0 saturated carbocycles. The molecule has 0 aromatic heterocycles. The first kappa shape index (κ1) is 3.61. The molecule has 34 valence electrons. The van der Waals surface area contributed by atoms with Gasteiger partial charge in [-0.1, -0.05) is 0 Å². The number of carbonyl (C=O) groups is 1. The number of hydroxylamine groups is 3. The quantitative estimate of drug-likeness (QED) is 0.311. The van der Waals surface area contributed by atoms with Crippen LogP contribution in [-0.4, -0.2) is 24.8 Å². The van der Waals surface area contributed by atoms with Gasteiger partial charge in [-0.25, -0.2) is 4.84 Å². The van der Waals surface area contributed by atoms with E-state index >= 15 is 0 Å². The average Bonchev–Trinajstić information content (AvgIpc) is 1.73. The Morgan fingerprint density at radius 3 is 1.83 bits per heavy atom. The van der Waals surface area contributed by atoms with Gasteiger partial charge in [0.2, 0.25) is 0 Å². The van der Waals surface area contributed by atoms with E-state index in [4.69, 9.17) is 0 Å². The maximum atomic E-state index is 9.96. The molecule has 1 heterocycles. The third kappa shape index (κ3) is 0.285. The van der Waals surface area contributed by atoms with E-state index in [1.165, 1.54) is 0 Å². The van der Waals surface area contributed by atoms with Crippen LogP contribution in [0.4, 0.5) is 4.79 Å². The molecule has 3 heteroatoms. The van der Waals surface area contributed by atoms with Gasteiger partial charge in [0, 0.05) is 0 Å². The van der Waals surface area contributed by atoms with E-state index in [2.05, 4.69) is 4.84 Å². The molecule has 1 aliphatic rings. The molecule has 0 unspecified atom stereocenters. The van der Waals surface area contributed by atoms with E-state index in [1.54, 1.807) is 14.1 Å². The summed E-state index contributed by atoms with van der Waals surface area (Å²) in [6.07, 6.45) is -0.157. The van der Waals surface area contributed by atoms with E-state index in [0.29, 0.717) is 0 Å². The second-order valence-corrected chi connectivity index (χ2v) is 1.71. The van der Waals surface area contributed by atoms with Crippen molar-refractivity contribution in [3.05, 3.63) is 0 Å². The summed E-state index contributed by atoms with van der Waals surface area (Å²) in [6, 6.07) is 0. The van der Waals surface area contributed by atoms with E-state index in [0.717, 1.165) is 0 Å². The lowest BCUT2D eigenvalue weighted by Crippen LogP contribution is -2.11. The molecule has 6 heavy (non-hydrogen) atoms. The number of hydrogen-bond acceptors (Lipinski definition) is 2. The van der Waals surface area contributed by atoms with Gasteiger partial charge < -0.3 is 0 Å². The molecule has 0 atom stereocenters. The molecule has 1 saturated heterocycles. The molecule has 1 fully saturated rings. The molecule has 0 aromatic carbocycles. The summed E-state index contributed by atoms with van der Waals surface area (Å²) >= 11 is 0. The number of rotatable bonds is 0. The van der Waals surface area contributed by atoms with Crippen molar-refractivity contribution in [2.75, 3.05) is 14.1 Å². The highest BCUT2D eigenvalue weighted by Gasteiger charge is 2.53. The third-order valence-electron chi connectivity index (χ3n) is 0.714. The van der Waals surface area contributed by atoms with Gasteiger partial charge in [-0.05, 0) is 4.65 Å². The Hall–Kier alpha value is -0.570. The number of carbonyl (C=O) groups excluding carboxylic acids is 1. The summed E-state index contributed by atoms with van der Waals surface area (Å²) in [5.74, 6) is 0. The highest BCUT2D eigenvalue weighted by atomic mass is 16.9. The topological polar surface area (TPSA) is 29.6 Å². The van der Waals surface area contributed by atoms with E-state index in [-0.39, 0.29) is 10.7 Å². The molecular weight excluding hydrogens is 82.0 g/mol. The lowest BCUT2D eigenvalue weighted by atomic mass is 11.0. The monoisotopic (exact) mass is 88.0 g/mol. The van der Waals surface area contributed by atoms with Crippen LogP contribution in [0.25, 0.3) is 0 Å². The van der Waals surface area contributed by atoms with Crippen LogP contribution < -0.4 is 0 Å². The fraction of sp³-hybridized carbons (Fsp3) is 0.667. The van der Waals surface area contributed by atoms with E-state index in [1.807, 2.05) is 0 Å². The van der Waals surface area contributed by atoms with Crippen LogP contribution >= 0.6 is 0 Å². The molecule has 3 nitrogen and oxygen atoms in total. The lowest BCUT2D eigenvalue weighted by molar-refractivity contribution is -0.856. The van der Waals surface area contributed by atoms with Gasteiger partial charge in [-0.15, -0.1) is 0 Å². The van der Waals surface area contributed by atoms with Crippen LogP contribution in [0.15, 0.2) is 0 Å². The van der Waals surface area contributed by atoms with Crippen LogP contribution in [0.2, 0.25) is 0 Å². The van der Waals surface area contributed by atoms with E-state index in [9.17, 15) is 4.79 Å². The zero-order valence-electron chi connectivity index (χ0n) is 3.76. The minimum absolute atomic E-state index is 0.0972. The van der Waals surface area contributed by atoms with Crippen LogP contribution in [0, 0.1) is 0 Å². The number of nitrogens with zero attached hydrogens (tertiary/aromatic N) is 1. The van der Waals surface area contributed by atoms with Gasteiger partial charge in [0.15, 0.2) is 0 Å². The Balaban J connectivity index is 2.63. The van der Waals surface area contributed by atoms with Crippen LogP contribution in [0.1, 0.15) is 0 Å². The van der Waals surface area contributed by atoms with Crippen LogP contribution in [0.5, 0.6) is 0 Å². The van der Waals surface area contributed by atoms with Crippen LogP contribution in [0.3, 0.4) is 0 Å². The minimum atomic E-state index is -0.157. The Morgan fingerprint density at radius 2 is 1.83 bits per heavy atom. The van der Waals surface area contributed by atoms with E-state index < -0.39 is 0 Å². The summed E-state index contributed by atoms with van der Waals surface area (Å²) < 4.78 is 0.0972. The zero-order valence-corrected chi connectivity index (χ0v) is 3.76. The van der Waals surface area contributed by atoms with Crippen molar-refractivity contribution in [2.24, 2.45) is 0 Å². The molecule has 1 aliphatic heterocycles. The Labute approximate surface area is 35.7 Å². The molecule has 0 aliphatic carbocycles. The van der Waals surface area contributed by atoms with Crippen molar-refractivity contribution >= 4 is 6.09 Å². The van der Waals surface area contributed by atoms with Gasteiger partial charge in [0.05, 0.1) is 0 Å². The fourth-order valence-corrected chi connectivity index (χ4v) is 0.175. The third-order valence-corrected chi connectivity index (χ3v) is 0.714. The molecule has 0 spiro atoms. The van der Waals surface area contributed by atoms with Crippen molar-refractivity contribution in [3.63, 3.8) is 0 Å². The highest BCUT2D eigenvalue weighted by Crippen LogP contribution is 2.17. The molecule has 0 N–H and O–H groups in total. The normalized spacial score (nSPS) is 26.0. The second kappa shape index (κ2) is 0.586. The highest BCUT2D eigenvalue weighted by molar-refractivity contribution is 5.65. The average molecular weight is 88.1 g/mol. The molecule has 1 rings (SSSR count). The molecular formula is C3H6NO2+. The van der Waals surface area contributed by atoms with Crippen molar-refractivity contribution in [3.8, 4) is 0 Å². The second-order valence-electron chi connectivity index (χ2n) is 1.71. The van der Waals surface area contributed by atoms with Crippen molar-refractivity contribution in [2.45, 2.75) is 0 Å². The maximum Gasteiger partial charge on any atom is 0.609 e. The van der Waals surface area contributed by atoms with Gasteiger partial charge >= 0.3 is 6.09 Å². The zero-order chi connectivity index (χ0) is 4.78. The standard InChI is InChI=1S/C3H6NO2/c1-4(2)3(5)6-4/h1-2H3/q+1. The van der Waals surface area contributed by atoms with Crippen LogP contribution in [-0.2, 0) is 4.84 Å². The molecule has 0 bridgehead atoms. The van der Waals surface area contributed by atoms with Crippen molar-refractivity contribution < 1.29 is 14.3 Å². The van der Waals surface area contributed by atoms with Gasteiger partial charge in [0.25, 0.3) is 0 Å². The number of quaternary nitrogens is 1. The summed E-state index contributed by atoms with van der Waals surface area (Å²) in [5, 5.41) is 0. The van der Waals surface area contributed by atoms with Crippen molar-refractivity contribution in [1.29, 1.82) is 0 Å². The Kier molecular flexibility index (Phi) is 0.353. The first-order valence-electron chi connectivity index (χ1n) is 1.71. The SMILES string of the molecule is C[N+]1(C)OC1=O. The Morgan fingerprint density at radius 1 is 1.67 bits per heavy atom. The predicted molar refractivity (Wildman–Crippen MR) is 18.6 cm³/mol. The maximum absolute atomic E-state index is 9.96. The van der Waals surface area contributed by atoms with Crippen molar-refractivity contribution in [1.82, 2.24) is 0 Å². The smallest absolute Gasteiger partial charge is 0.201 e. The molecule has 0 aromatic rings. The number of amides is 1. The summed E-state index contributed by atoms with van der Waals surface area (Å²) in [6.45, 7) is 0. The Bertz CT molecular complexity index is 97.0. The van der Waals surface area contributed by atoms with Gasteiger partial charge in [-0.3, -0.25) is 0 Å².